The van der Waals surface area contributed by atoms with Crippen molar-refractivity contribution in [2.75, 3.05) is 0 Å². The average molecular weight is 249 g/mol. The average Bonchev–Trinajstić information content (AvgIpc) is 2.73. The van der Waals surface area contributed by atoms with Gasteiger partial charge >= 0.3 is 0 Å². The molecule has 0 amide bonds. The smallest absolute Gasteiger partial charge is 0.165 e. The lowest BCUT2D eigenvalue weighted by molar-refractivity contribution is 0.277. The summed E-state index contributed by atoms with van der Waals surface area (Å²) in [7, 11) is 1.86. The van der Waals surface area contributed by atoms with Gasteiger partial charge in [0.05, 0.1) is 0 Å². The standard InChI is InChI=1S/C13H16FN3O/c1-9(15)10-3-4-12(11(14)7-10)18-8-13-16-5-6-17(13)2/h3-7,9H,8,15H2,1-2H3/t9-/m0/s1. The largest absolute Gasteiger partial charge is 0.483 e. The molecule has 0 saturated heterocycles. The fourth-order valence-electron chi connectivity index (χ4n) is 1.60. The summed E-state index contributed by atoms with van der Waals surface area (Å²) in [4.78, 5) is 4.10. The zero-order valence-corrected chi connectivity index (χ0v) is 10.4. The third-order valence-corrected chi connectivity index (χ3v) is 2.76. The van der Waals surface area contributed by atoms with E-state index in [0.717, 1.165) is 11.4 Å². The maximum Gasteiger partial charge on any atom is 0.165 e. The molecular formula is C13H16FN3O. The predicted octanol–water partition coefficient (Wildman–Crippen LogP) is 2.16. The maximum absolute atomic E-state index is 13.7. The molecule has 0 saturated carbocycles. The van der Waals surface area contributed by atoms with E-state index >= 15 is 0 Å². The van der Waals surface area contributed by atoms with Crippen molar-refractivity contribution in [1.82, 2.24) is 9.55 Å². The minimum absolute atomic E-state index is 0.192. The predicted molar refractivity (Wildman–Crippen MR) is 66.5 cm³/mol. The number of hydrogen-bond donors (Lipinski definition) is 1. The van der Waals surface area contributed by atoms with E-state index in [1.807, 2.05) is 24.7 Å². The first kappa shape index (κ1) is 12.6. The number of rotatable bonds is 4. The molecule has 0 aliphatic rings. The molecule has 0 aliphatic heterocycles. The van der Waals surface area contributed by atoms with Gasteiger partial charge in [-0.3, -0.25) is 0 Å². The number of halogens is 1. The van der Waals surface area contributed by atoms with Crippen LogP contribution >= 0.6 is 0 Å². The molecule has 1 aromatic carbocycles. The molecule has 0 fully saturated rings. The van der Waals surface area contributed by atoms with Crippen molar-refractivity contribution in [3.8, 4) is 5.75 Å². The van der Waals surface area contributed by atoms with Gasteiger partial charge in [0, 0.05) is 25.5 Å². The highest BCUT2D eigenvalue weighted by Gasteiger charge is 2.08. The van der Waals surface area contributed by atoms with Crippen molar-refractivity contribution in [2.45, 2.75) is 19.6 Å². The summed E-state index contributed by atoms with van der Waals surface area (Å²) in [6, 6.07) is 4.57. The Kier molecular flexibility index (Phi) is 3.62. The van der Waals surface area contributed by atoms with E-state index in [2.05, 4.69) is 4.98 Å². The lowest BCUT2D eigenvalue weighted by Gasteiger charge is -2.10. The Hall–Kier alpha value is -1.88. The molecule has 0 aliphatic carbocycles. The lowest BCUT2D eigenvalue weighted by Crippen LogP contribution is -2.07. The summed E-state index contributed by atoms with van der Waals surface area (Å²) in [5.74, 6) is 0.548. The van der Waals surface area contributed by atoms with Crippen molar-refractivity contribution in [3.63, 3.8) is 0 Å². The second-order valence-corrected chi connectivity index (χ2v) is 4.22. The molecule has 1 aromatic heterocycles. The van der Waals surface area contributed by atoms with Crippen molar-refractivity contribution in [3.05, 3.63) is 47.8 Å². The van der Waals surface area contributed by atoms with Crippen LogP contribution in [-0.4, -0.2) is 9.55 Å². The Labute approximate surface area is 105 Å². The molecule has 4 nitrogen and oxygen atoms in total. The summed E-state index contributed by atoms with van der Waals surface area (Å²) in [6.45, 7) is 2.04. The molecule has 1 atom stereocenters. The van der Waals surface area contributed by atoms with Crippen LogP contribution in [0.3, 0.4) is 0 Å². The zero-order valence-electron chi connectivity index (χ0n) is 10.4. The molecular weight excluding hydrogens is 233 g/mol. The number of nitrogens with two attached hydrogens (primary N) is 1. The molecule has 18 heavy (non-hydrogen) atoms. The highest BCUT2D eigenvalue weighted by atomic mass is 19.1. The number of benzene rings is 1. The Morgan fingerprint density at radius 3 is 2.83 bits per heavy atom. The highest BCUT2D eigenvalue weighted by molar-refractivity contribution is 5.30. The van der Waals surface area contributed by atoms with Gasteiger partial charge in [-0.25, -0.2) is 9.37 Å². The van der Waals surface area contributed by atoms with E-state index in [4.69, 9.17) is 10.5 Å². The van der Waals surface area contributed by atoms with Crippen molar-refractivity contribution < 1.29 is 9.13 Å². The fraction of sp³-hybridized carbons (Fsp3) is 0.308. The van der Waals surface area contributed by atoms with Gasteiger partial charge in [-0.1, -0.05) is 6.07 Å². The second-order valence-electron chi connectivity index (χ2n) is 4.22. The summed E-state index contributed by atoms with van der Waals surface area (Å²) in [5, 5.41) is 0. The van der Waals surface area contributed by atoms with Crippen LogP contribution in [0.2, 0.25) is 0 Å². The Bertz CT molecular complexity index is 537. The zero-order chi connectivity index (χ0) is 13.1. The summed E-state index contributed by atoms with van der Waals surface area (Å²) in [6.07, 6.45) is 3.49. The Morgan fingerprint density at radius 1 is 1.50 bits per heavy atom. The summed E-state index contributed by atoms with van der Waals surface area (Å²) >= 11 is 0. The normalized spacial score (nSPS) is 12.4. The number of aryl methyl sites for hydroxylation is 1. The molecule has 2 rings (SSSR count). The highest BCUT2D eigenvalue weighted by Crippen LogP contribution is 2.21. The monoisotopic (exact) mass is 249 g/mol. The van der Waals surface area contributed by atoms with E-state index in [0.29, 0.717) is 0 Å². The second kappa shape index (κ2) is 5.18. The molecule has 0 unspecified atom stereocenters. The van der Waals surface area contributed by atoms with Crippen LogP contribution in [0.5, 0.6) is 5.75 Å². The lowest BCUT2D eigenvalue weighted by atomic mass is 10.1. The fourth-order valence-corrected chi connectivity index (χ4v) is 1.60. The molecule has 2 aromatic rings. The molecule has 0 radical (unpaired) electrons. The summed E-state index contributed by atoms with van der Waals surface area (Å²) < 4.78 is 21.0. The minimum Gasteiger partial charge on any atom is -0.483 e. The van der Waals surface area contributed by atoms with Crippen LogP contribution < -0.4 is 10.5 Å². The van der Waals surface area contributed by atoms with Crippen LogP contribution in [0, 0.1) is 5.82 Å². The van der Waals surface area contributed by atoms with Gasteiger partial charge in [-0.05, 0) is 24.6 Å². The number of nitrogens with zero attached hydrogens (tertiary/aromatic N) is 2. The van der Waals surface area contributed by atoms with Crippen LogP contribution in [0.1, 0.15) is 24.4 Å². The summed E-state index contributed by atoms with van der Waals surface area (Å²) in [5.41, 5.74) is 6.43. The minimum atomic E-state index is -0.404. The third-order valence-electron chi connectivity index (χ3n) is 2.76. The first-order valence-corrected chi connectivity index (χ1v) is 5.72. The number of aromatic nitrogens is 2. The maximum atomic E-state index is 13.7. The Balaban J connectivity index is 2.08. The first-order valence-electron chi connectivity index (χ1n) is 5.72. The quantitative estimate of drug-likeness (QED) is 0.903. The van der Waals surface area contributed by atoms with Crippen LogP contribution in [0.15, 0.2) is 30.6 Å². The van der Waals surface area contributed by atoms with Gasteiger partial charge in [0.15, 0.2) is 11.6 Å². The van der Waals surface area contributed by atoms with E-state index < -0.39 is 5.82 Å². The molecule has 0 spiro atoms. The van der Waals surface area contributed by atoms with Gasteiger partial charge in [0.1, 0.15) is 12.4 Å². The van der Waals surface area contributed by atoms with Crippen LogP contribution in [0.4, 0.5) is 4.39 Å². The Morgan fingerprint density at radius 2 is 2.28 bits per heavy atom. The van der Waals surface area contributed by atoms with Crippen molar-refractivity contribution in [1.29, 1.82) is 0 Å². The van der Waals surface area contributed by atoms with Crippen LogP contribution in [-0.2, 0) is 13.7 Å². The number of imidazole rings is 1. The van der Waals surface area contributed by atoms with Crippen molar-refractivity contribution in [2.24, 2.45) is 12.8 Å². The number of hydrogen-bond acceptors (Lipinski definition) is 3. The van der Waals surface area contributed by atoms with E-state index in [-0.39, 0.29) is 18.4 Å². The van der Waals surface area contributed by atoms with Gasteiger partial charge in [-0.15, -0.1) is 0 Å². The first-order chi connectivity index (χ1) is 8.58. The van der Waals surface area contributed by atoms with Crippen LogP contribution in [0.25, 0.3) is 0 Å². The topological polar surface area (TPSA) is 53.1 Å². The SMILES string of the molecule is C[C@H](N)c1ccc(OCc2nccn2C)c(F)c1. The van der Waals surface area contributed by atoms with Gasteiger partial charge in [0.2, 0.25) is 0 Å². The molecule has 5 heteroatoms. The molecule has 2 N–H and O–H groups in total. The molecule has 1 heterocycles. The van der Waals surface area contributed by atoms with Crippen molar-refractivity contribution >= 4 is 0 Å². The molecule has 96 valence electrons. The third kappa shape index (κ3) is 2.68. The van der Waals surface area contributed by atoms with E-state index in [1.54, 1.807) is 18.3 Å². The van der Waals surface area contributed by atoms with E-state index in [1.165, 1.54) is 6.07 Å². The van der Waals surface area contributed by atoms with Gasteiger partial charge in [0.25, 0.3) is 0 Å². The van der Waals surface area contributed by atoms with Gasteiger partial charge in [-0.2, -0.15) is 0 Å². The number of ether oxygens (including phenoxy) is 1. The van der Waals surface area contributed by atoms with E-state index in [9.17, 15) is 4.39 Å². The molecule has 0 bridgehead atoms. The van der Waals surface area contributed by atoms with Gasteiger partial charge < -0.3 is 15.0 Å².